The molecule has 0 saturated heterocycles. The van der Waals surface area contributed by atoms with Crippen molar-refractivity contribution in [1.82, 2.24) is 14.5 Å². The average molecular weight is 334 g/mol. The van der Waals surface area contributed by atoms with Crippen LogP contribution in [0.3, 0.4) is 0 Å². The van der Waals surface area contributed by atoms with Crippen LogP contribution in [-0.4, -0.2) is 27.9 Å². The first-order valence-electron chi connectivity index (χ1n) is 6.79. The Hall–Kier alpha value is -2.47. The molecule has 0 saturated carbocycles. The molecule has 0 unspecified atom stereocenters. The number of hydrogen-bond donors (Lipinski definition) is 0. The number of fused-ring (bicyclic) bond motifs is 1. The van der Waals surface area contributed by atoms with Gasteiger partial charge in [-0.15, -0.1) is 0 Å². The molecule has 2 heterocycles. The summed E-state index contributed by atoms with van der Waals surface area (Å²) in [5.74, 6) is -0.640. The molecule has 0 aliphatic rings. The van der Waals surface area contributed by atoms with Crippen LogP contribution < -0.4 is 4.74 Å². The zero-order valence-corrected chi connectivity index (χ0v) is 13.5. The van der Waals surface area contributed by atoms with Gasteiger partial charge in [-0.1, -0.05) is 11.6 Å². The topological polar surface area (TPSA) is 57.0 Å². The van der Waals surface area contributed by atoms with Crippen molar-refractivity contribution in [1.29, 1.82) is 0 Å². The van der Waals surface area contributed by atoms with Gasteiger partial charge in [0.25, 0.3) is 0 Å². The molecule has 7 heteroatoms. The van der Waals surface area contributed by atoms with Gasteiger partial charge in [-0.05, 0) is 24.6 Å². The highest BCUT2D eigenvalue weighted by atomic mass is 35.5. The van der Waals surface area contributed by atoms with Crippen molar-refractivity contribution in [3.05, 3.63) is 40.4 Å². The molecule has 0 bridgehead atoms. The lowest BCUT2D eigenvalue weighted by Gasteiger charge is -2.09. The molecule has 1 aromatic carbocycles. The first-order valence-corrected chi connectivity index (χ1v) is 7.17. The molecule has 0 fully saturated rings. The molecule has 3 rings (SSSR count). The third kappa shape index (κ3) is 2.35. The van der Waals surface area contributed by atoms with Crippen molar-refractivity contribution in [2.45, 2.75) is 6.92 Å². The normalized spacial score (nSPS) is 11.0. The Bertz CT molecular complexity index is 937. The summed E-state index contributed by atoms with van der Waals surface area (Å²) in [6.45, 7) is 1.87. The van der Waals surface area contributed by atoms with Crippen molar-refractivity contribution >= 4 is 28.9 Å². The lowest BCUT2D eigenvalue weighted by Crippen LogP contribution is -2.01. The smallest absolute Gasteiger partial charge is 0.177 e. The van der Waals surface area contributed by atoms with Gasteiger partial charge in [-0.25, -0.2) is 14.4 Å². The Kier molecular flexibility index (Phi) is 3.77. The van der Waals surface area contributed by atoms with Crippen LogP contribution in [0.2, 0.25) is 5.02 Å². The highest BCUT2D eigenvalue weighted by Crippen LogP contribution is 2.34. The van der Waals surface area contributed by atoms with Crippen LogP contribution in [0.25, 0.3) is 22.4 Å². The second kappa shape index (κ2) is 5.62. The second-order valence-corrected chi connectivity index (χ2v) is 5.52. The van der Waals surface area contributed by atoms with E-state index in [0.717, 1.165) is 5.56 Å². The number of nitrogens with zero attached hydrogens (tertiary/aromatic N) is 3. The lowest BCUT2D eigenvalue weighted by atomic mass is 10.1. The summed E-state index contributed by atoms with van der Waals surface area (Å²) in [4.78, 5) is 20.0. The first-order chi connectivity index (χ1) is 11.0. The Balaban J connectivity index is 2.34. The van der Waals surface area contributed by atoms with E-state index in [1.807, 2.05) is 13.1 Å². The molecular weight excluding hydrogens is 321 g/mol. The third-order valence-electron chi connectivity index (χ3n) is 3.64. The predicted molar refractivity (Wildman–Crippen MR) is 85.6 cm³/mol. The number of benzene rings is 1. The molecule has 0 amide bonds. The molecule has 0 N–H and O–H groups in total. The molecule has 0 spiro atoms. The zero-order valence-electron chi connectivity index (χ0n) is 12.7. The molecule has 0 aliphatic heterocycles. The van der Waals surface area contributed by atoms with Gasteiger partial charge in [0.05, 0.1) is 23.1 Å². The highest BCUT2D eigenvalue weighted by molar-refractivity contribution is 6.32. The summed E-state index contributed by atoms with van der Waals surface area (Å²) in [5, 5.41) is 0.813. The number of aldehydes is 1. The molecule has 2 aromatic heterocycles. The Morgan fingerprint density at radius 3 is 2.74 bits per heavy atom. The van der Waals surface area contributed by atoms with Gasteiger partial charge >= 0.3 is 0 Å². The van der Waals surface area contributed by atoms with E-state index in [2.05, 4.69) is 9.97 Å². The minimum Gasteiger partial charge on any atom is -0.492 e. The summed E-state index contributed by atoms with van der Waals surface area (Å²) >= 11 is 5.91. The molecule has 0 aliphatic carbocycles. The third-order valence-corrected chi connectivity index (χ3v) is 3.94. The van der Waals surface area contributed by atoms with Crippen molar-refractivity contribution in [2.24, 2.45) is 7.05 Å². The van der Waals surface area contributed by atoms with E-state index < -0.39 is 5.82 Å². The number of halogens is 2. The van der Waals surface area contributed by atoms with Crippen LogP contribution >= 0.6 is 11.6 Å². The fraction of sp³-hybridized carbons (Fsp3) is 0.188. The average Bonchev–Trinajstić information content (AvgIpc) is 2.82. The number of hydrogen-bond acceptors (Lipinski definition) is 4. The molecule has 118 valence electrons. The van der Waals surface area contributed by atoms with Gasteiger partial charge in [0.1, 0.15) is 11.3 Å². The predicted octanol–water partition coefficient (Wildman–Crippen LogP) is 3.56. The fourth-order valence-electron chi connectivity index (χ4n) is 2.61. The summed E-state index contributed by atoms with van der Waals surface area (Å²) < 4.78 is 21.3. The standard InChI is InChI=1S/C16H13ClFN3O2/c1-8-6-21(2)16-12(8)11(7-22)19-15(20-16)9-4-5-10(17)14(23-3)13(9)18/h4-7H,1-3H3. The van der Waals surface area contributed by atoms with E-state index in [0.29, 0.717) is 17.3 Å². The molecule has 5 nitrogen and oxygen atoms in total. The number of aryl methyl sites for hydroxylation is 2. The van der Waals surface area contributed by atoms with Crippen LogP contribution in [0.1, 0.15) is 16.1 Å². The van der Waals surface area contributed by atoms with Gasteiger partial charge in [0, 0.05) is 13.2 Å². The summed E-state index contributed by atoms with van der Waals surface area (Å²) in [6.07, 6.45) is 2.49. The number of methoxy groups -OCH3 is 1. The maximum absolute atomic E-state index is 14.6. The van der Waals surface area contributed by atoms with Gasteiger partial charge in [-0.2, -0.15) is 0 Å². The summed E-state index contributed by atoms with van der Waals surface area (Å²) in [7, 11) is 3.13. The number of ether oxygens (including phenoxy) is 1. The first kappa shape index (κ1) is 15.4. The van der Waals surface area contributed by atoms with Gasteiger partial charge in [0.2, 0.25) is 0 Å². The minimum absolute atomic E-state index is 0.0800. The minimum atomic E-state index is -0.665. The quantitative estimate of drug-likeness (QED) is 0.688. The Morgan fingerprint density at radius 2 is 2.09 bits per heavy atom. The fourth-order valence-corrected chi connectivity index (χ4v) is 2.84. The summed E-state index contributed by atoms with van der Waals surface area (Å²) in [5.41, 5.74) is 1.78. The van der Waals surface area contributed by atoms with Crippen LogP contribution in [0.5, 0.6) is 5.75 Å². The number of carbonyl (C=O) groups excluding carboxylic acids is 1. The molecular formula is C16H13ClFN3O2. The van der Waals surface area contributed by atoms with Crippen LogP contribution in [0.15, 0.2) is 18.3 Å². The largest absolute Gasteiger partial charge is 0.492 e. The van der Waals surface area contributed by atoms with E-state index in [1.54, 1.807) is 11.6 Å². The van der Waals surface area contributed by atoms with Crippen molar-refractivity contribution < 1.29 is 13.9 Å². The van der Waals surface area contributed by atoms with Gasteiger partial charge in [0.15, 0.2) is 23.7 Å². The van der Waals surface area contributed by atoms with E-state index in [-0.39, 0.29) is 27.9 Å². The highest BCUT2D eigenvalue weighted by Gasteiger charge is 2.19. The number of aromatic nitrogens is 3. The van der Waals surface area contributed by atoms with E-state index in [4.69, 9.17) is 16.3 Å². The number of rotatable bonds is 3. The maximum atomic E-state index is 14.6. The van der Waals surface area contributed by atoms with Crippen molar-refractivity contribution in [3.8, 4) is 17.1 Å². The molecule has 23 heavy (non-hydrogen) atoms. The van der Waals surface area contributed by atoms with Gasteiger partial charge in [-0.3, -0.25) is 4.79 Å². The molecule has 3 aromatic rings. The van der Waals surface area contributed by atoms with E-state index >= 15 is 0 Å². The van der Waals surface area contributed by atoms with Crippen LogP contribution in [-0.2, 0) is 7.05 Å². The number of carbonyl (C=O) groups is 1. The SMILES string of the molecule is COc1c(Cl)ccc(-c2nc(C=O)c3c(C)cn(C)c3n2)c1F. The Labute approximate surface area is 136 Å². The maximum Gasteiger partial charge on any atom is 0.177 e. The lowest BCUT2D eigenvalue weighted by molar-refractivity contribution is 0.112. The second-order valence-electron chi connectivity index (χ2n) is 5.11. The monoisotopic (exact) mass is 333 g/mol. The Morgan fingerprint density at radius 1 is 1.35 bits per heavy atom. The van der Waals surface area contributed by atoms with Crippen LogP contribution in [0.4, 0.5) is 4.39 Å². The van der Waals surface area contributed by atoms with Crippen molar-refractivity contribution in [3.63, 3.8) is 0 Å². The van der Waals surface area contributed by atoms with Gasteiger partial charge < -0.3 is 9.30 Å². The van der Waals surface area contributed by atoms with Crippen LogP contribution in [0, 0.1) is 12.7 Å². The van der Waals surface area contributed by atoms with Crippen molar-refractivity contribution in [2.75, 3.05) is 7.11 Å². The molecule has 0 radical (unpaired) electrons. The zero-order chi connectivity index (χ0) is 16.7. The summed E-state index contributed by atoms with van der Waals surface area (Å²) in [6, 6.07) is 2.97. The molecule has 0 atom stereocenters. The van der Waals surface area contributed by atoms with E-state index in [9.17, 15) is 9.18 Å². The van der Waals surface area contributed by atoms with E-state index in [1.165, 1.54) is 19.2 Å².